The predicted octanol–water partition coefficient (Wildman–Crippen LogP) is 4.63. The minimum atomic E-state index is -0.653. The highest BCUT2D eigenvalue weighted by Gasteiger charge is 2.27. The number of hydrogen-bond acceptors (Lipinski definition) is 4. The van der Waals surface area contributed by atoms with Crippen LogP contribution in [0.5, 0.6) is 5.75 Å². The standard InChI is InChI=1S/C20H19ClN2O3S/c1-9-3-6-12-14(7-9)27-20-15(12)17(24)16(19(26)23-20)18(25)22-11-5-4-10(2)13(21)8-11/h4-5,8-9H,3,6-7H2,1-2H3,(H,22,25)(H2,23,24,26)/t9-/m1/s1. The van der Waals surface area contributed by atoms with Crippen molar-refractivity contribution in [3.8, 4) is 5.75 Å². The van der Waals surface area contributed by atoms with Crippen LogP contribution in [0.4, 0.5) is 5.69 Å². The molecule has 3 aromatic rings. The molecule has 1 amide bonds. The number of pyridine rings is 1. The number of benzene rings is 1. The van der Waals surface area contributed by atoms with Gasteiger partial charge >= 0.3 is 0 Å². The third-order valence-electron chi connectivity index (χ3n) is 5.10. The Morgan fingerprint density at radius 3 is 2.93 bits per heavy atom. The summed E-state index contributed by atoms with van der Waals surface area (Å²) in [6.45, 7) is 4.06. The van der Waals surface area contributed by atoms with Crippen molar-refractivity contribution in [3.05, 3.63) is 55.1 Å². The number of H-pyrrole nitrogens is 1. The van der Waals surface area contributed by atoms with Gasteiger partial charge in [0.1, 0.15) is 16.1 Å². The molecule has 1 aliphatic carbocycles. The van der Waals surface area contributed by atoms with Gasteiger partial charge in [-0.25, -0.2) is 0 Å². The first-order valence-corrected chi connectivity index (χ1v) is 10.0. The summed E-state index contributed by atoms with van der Waals surface area (Å²) in [6.07, 6.45) is 2.80. The topological polar surface area (TPSA) is 82.2 Å². The van der Waals surface area contributed by atoms with Crippen LogP contribution in [0.1, 0.15) is 39.7 Å². The number of aromatic amines is 1. The molecule has 1 aliphatic rings. The van der Waals surface area contributed by atoms with E-state index in [1.54, 1.807) is 18.2 Å². The number of carbonyl (C=O) groups excluding carboxylic acids is 1. The Balaban J connectivity index is 1.78. The maximum Gasteiger partial charge on any atom is 0.265 e. The van der Waals surface area contributed by atoms with Gasteiger partial charge in [0.25, 0.3) is 11.5 Å². The van der Waals surface area contributed by atoms with Gasteiger partial charge in [0.05, 0.1) is 5.39 Å². The van der Waals surface area contributed by atoms with E-state index in [9.17, 15) is 14.7 Å². The second-order valence-corrected chi connectivity index (χ2v) is 8.66. The van der Waals surface area contributed by atoms with Gasteiger partial charge in [0.2, 0.25) is 0 Å². The molecule has 0 bridgehead atoms. The summed E-state index contributed by atoms with van der Waals surface area (Å²) in [6, 6.07) is 5.10. The van der Waals surface area contributed by atoms with E-state index in [1.807, 2.05) is 6.92 Å². The van der Waals surface area contributed by atoms with Crippen molar-refractivity contribution in [2.45, 2.75) is 33.1 Å². The average Bonchev–Trinajstić information content (AvgIpc) is 2.95. The lowest BCUT2D eigenvalue weighted by Crippen LogP contribution is -2.23. The number of carbonyl (C=O) groups is 1. The molecule has 0 unspecified atom stereocenters. The van der Waals surface area contributed by atoms with Crippen molar-refractivity contribution in [3.63, 3.8) is 0 Å². The van der Waals surface area contributed by atoms with Gasteiger partial charge in [-0.3, -0.25) is 9.59 Å². The molecule has 0 fully saturated rings. The van der Waals surface area contributed by atoms with Gasteiger partial charge < -0.3 is 15.4 Å². The van der Waals surface area contributed by atoms with E-state index in [-0.39, 0.29) is 11.3 Å². The Hall–Kier alpha value is -2.31. The normalized spacial score (nSPS) is 16.3. The zero-order valence-electron chi connectivity index (χ0n) is 15.0. The molecule has 0 aliphatic heterocycles. The number of nitrogens with one attached hydrogen (secondary N) is 2. The molecule has 5 nitrogen and oxygen atoms in total. The highest BCUT2D eigenvalue weighted by Crippen LogP contribution is 2.41. The number of aryl methyl sites for hydroxylation is 2. The summed E-state index contributed by atoms with van der Waals surface area (Å²) in [4.78, 5) is 29.8. The lowest BCUT2D eigenvalue weighted by molar-refractivity contribution is 0.102. The molecule has 2 aromatic heterocycles. The van der Waals surface area contributed by atoms with E-state index in [2.05, 4.69) is 17.2 Å². The van der Waals surface area contributed by atoms with Gasteiger partial charge in [-0.05, 0) is 55.4 Å². The van der Waals surface area contributed by atoms with E-state index in [1.165, 1.54) is 16.2 Å². The number of thiophene rings is 1. The van der Waals surface area contributed by atoms with E-state index >= 15 is 0 Å². The van der Waals surface area contributed by atoms with Crippen LogP contribution in [-0.4, -0.2) is 16.0 Å². The Labute approximate surface area is 165 Å². The number of fused-ring (bicyclic) bond motifs is 3. The Kier molecular flexibility index (Phi) is 4.48. The number of halogens is 1. The first kappa shape index (κ1) is 18.1. The number of hydrogen-bond donors (Lipinski definition) is 3. The Bertz CT molecular complexity index is 1130. The summed E-state index contributed by atoms with van der Waals surface area (Å²) in [5.41, 5.74) is 1.54. The number of rotatable bonds is 2. The quantitative estimate of drug-likeness (QED) is 0.584. The largest absolute Gasteiger partial charge is 0.506 e. The molecule has 27 heavy (non-hydrogen) atoms. The van der Waals surface area contributed by atoms with E-state index in [0.29, 0.717) is 26.8 Å². The Morgan fingerprint density at radius 2 is 2.19 bits per heavy atom. The minimum Gasteiger partial charge on any atom is -0.506 e. The van der Waals surface area contributed by atoms with Crippen LogP contribution in [0.3, 0.4) is 0 Å². The van der Waals surface area contributed by atoms with Gasteiger partial charge in [0, 0.05) is 15.6 Å². The Morgan fingerprint density at radius 1 is 1.41 bits per heavy atom. The summed E-state index contributed by atoms with van der Waals surface area (Å²) < 4.78 is 0. The lowest BCUT2D eigenvalue weighted by Gasteiger charge is -2.18. The van der Waals surface area contributed by atoms with Crippen LogP contribution < -0.4 is 10.9 Å². The number of aromatic nitrogens is 1. The molecule has 140 valence electrons. The third-order valence-corrected chi connectivity index (χ3v) is 6.67. The molecule has 1 aromatic carbocycles. The second kappa shape index (κ2) is 6.69. The van der Waals surface area contributed by atoms with E-state index < -0.39 is 11.5 Å². The summed E-state index contributed by atoms with van der Waals surface area (Å²) in [7, 11) is 0. The first-order chi connectivity index (χ1) is 12.8. The van der Waals surface area contributed by atoms with Crippen LogP contribution in [0, 0.1) is 12.8 Å². The smallest absolute Gasteiger partial charge is 0.265 e. The molecular weight excluding hydrogens is 384 g/mol. The zero-order chi connectivity index (χ0) is 19.3. The number of amides is 1. The van der Waals surface area contributed by atoms with Crippen LogP contribution in [0.2, 0.25) is 5.02 Å². The molecule has 3 N–H and O–H groups in total. The predicted molar refractivity (Wildman–Crippen MR) is 109 cm³/mol. The maximum atomic E-state index is 12.7. The van der Waals surface area contributed by atoms with E-state index in [4.69, 9.17) is 11.6 Å². The van der Waals surface area contributed by atoms with Gasteiger partial charge in [-0.1, -0.05) is 24.6 Å². The first-order valence-electron chi connectivity index (χ1n) is 8.82. The summed E-state index contributed by atoms with van der Waals surface area (Å²) in [5.74, 6) is -0.315. The molecule has 1 atom stereocenters. The lowest BCUT2D eigenvalue weighted by atomic mass is 9.89. The fraction of sp³-hybridized carbons (Fsp3) is 0.300. The molecule has 0 spiro atoms. The SMILES string of the molecule is Cc1ccc(NC(=O)c2c(O)c3c4c(sc3[nH]c2=O)C[C@H](C)CC4)cc1Cl. The van der Waals surface area contributed by atoms with Gasteiger partial charge in [-0.2, -0.15) is 0 Å². The van der Waals surface area contributed by atoms with Crippen molar-refractivity contribution in [2.24, 2.45) is 5.92 Å². The van der Waals surface area contributed by atoms with Crippen LogP contribution in [0.25, 0.3) is 10.2 Å². The number of anilines is 1. The molecular formula is C20H19ClN2O3S. The van der Waals surface area contributed by atoms with E-state index in [0.717, 1.165) is 30.4 Å². The fourth-order valence-electron chi connectivity index (χ4n) is 3.56. The van der Waals surface area contributed by atoms with Crippen LogP contribution in [-0.2, 0) is 12.8 Å². The highest BCUT2D eigenvalue weighted by molar-refractivity contribution is 7.18. The molecule has 0 radical (unpaired) electrons. The van der Waals surface area contributed by atoms with Crippen molar-refractivity contribution in [2.75, 3.05) is 5.32 Å². The van der Waals surface area contributed by atoms with Gasteiger partial charge in [-0.15, -0.1) is 11.3 Å². The van der Waals surface area contributed by atoms with Crippen LogP contribution in [0.15, 0.2) is 23.0 Å². The average molecular weight is 403 g/mol. The monoisotopic (exact) mass is 402 g/mol. The zero-order valence-corrected chi connectivity index (χ0v) is 16.6. The molecule has 0 saturated carbocycles. The van der Waals surface area contributed by atoms with Gasteiger partial charge in [0.15, 0.2) is 0 Å². The second-order valence-electron chi connectivity index (χ2n) is 7.15. The van der Waals surface area contributed by atoms with Crippen molar-refractivity contribution < 1.29 is 9.90 Å². The third kappa shape index (κ3) is 3.13. The summed E-state index contributed by atoms with van der Waals surface area (Å²) >= 11 is 7.59. The van der Waals surface area contributed by atoms with Crippen molar-refractivity contribution >= 4 is 44.7 Å². The van der Waals surface area contributed by atoms with Crippen LogP contribution >= 0.6 is 22.9 Å². The molecule has 2 heterocycles. The summed E-state index contributed by atoms with van der Waals surface area (Å²) in [5, 5.41) is 14.6. The molecule has 7 heteroatoms. The van der Waals surface area contributed by atoms with Crippen molar-refractivity contribution in [1.29, 1.82) is 0 Å². The van der Waals surface area contributed by atoms with Crippen molar-refractivity contribution in [1.82, 2.24) is 4.98 Å². The molecule has 4 rings (SSSR count). The minimum absolute atomic E-state index is 0.239. The number of aromatic hydroxyl groups is 1. The fourth-order valence-corrected chi connectivity index (χ4v) is 5.15. The highest BCUT2D eigenvalue weighted by atomic mass is 35.5. The molecule has 0 saturated heterocycles. The maximum absolute atomic E-state index is 12.7.